The fourth-order valence-electron chi connectivity index (χ4n) is 0.955. The van der Waals surface area contributed by atoms with E-state index in [0.29, 0.717) is 0 Å². The number of carboxylic acid groups (broad SMARTS) is 1. The second-order valence-electron chi connectivity index (χ2n) is 2.62. The molecule has 0 fully saturated rings. The first-order chi connectivity index (χ1) is 6.73. The molecule has 82 valence electrons. The van der Waals surface area contributed by atoms with Gasteiger partial charge in [-0.15, -0.1) is 0 Å². The number of carbonyl (C=O) groups is 1. The Balaban J connectivity index is 3.55. The zero-order chi connectivity index (χ0) is 11.8. The molecule has 0 amide bonds. The van der Waals surface area contributed by atoms with Crippen LogP contribution in [-0.4, -0.2) is 19.5 Å². The lowest BCUT2D eigenvalue weighted by atomic mass is 10.2. The van der Waals surface area contributed by atoms with Gasteiger partial charge in [0.1, 0.15) is 4.90 Å². The fraction of sp³-hybridized carbons (Fsp3) is 0. The number of halogens is 2. The molecule has 0 unspecified atom stereocenters. The van der Waals surface area contributed by atoms with Gasteiger partial charge in [-0.25, -0.2) is 18.4 Å². The number of sulfonamides is 1. The van der Waals surface area contributed by atoms with E-state index in [0.717, 1.165) is 12.1 Å². The molecule has 1 aromatic carbocycles. The van der Waals surface area contributed by atoms with E-state index in [1.165, 1.54) is 0 Å². The van der Waals surface area contributed by atoms with Crippen molar-refractivity contribution in [2.75, 3.05) is 0 Å². The molecule has 0 aliphatic carbocycles. The van der Waals surface area contributed by atoms with Crippen LogP contribution >= 0.6 is 23.2 Å². The lowest BCUT2D eigenvalue weighted by Gasteiger charge is -2.05. The third-order valence-electron chi connectivity index (χ3n) is 1.53. The third kappa shape index (κ3) is 2.60. The standard InChI is InChI=1S/C7H5Cl2NO4S/c8-4-1-3(7(11)12)2-5(9)6(4)15(10,13)14/h1-2H,(H,11,12)(H2,10,13,14). The first-order valence-electron chi connectivity index (χ1n) is 3.48. The Kier molecular flexibility index (Phi) is 3.25. The highest BCUT2D eigenvalue weighted by Gasteiger charge is 2.20. The summed E-state index contributed by atoms with van der Waals surface area (Å²) in [7, 11) is -4.06. The average molecular weight is 270 g/mol. The Morgan fingerprint density at radius 2 is 1.67 bits per heavy atom. The Morgan fingerprint density at radius 1 is 1.27 bits per heavy atom. The van der Waals surface area contributed by atoms with Crippen LogP contribution in [0.4, 0.5) is 0 Å². The number of hydrogen-bond acceptors (Lipinski definition) is 3. The van der Waals surface area contributed by atoms with Crippen LogP contribution in [0, 0.1) is 0 Å². The van der Waals surface area contributed by atoms with Crippen molar-refractivity contribution >= 4 is 39.2 Å². The molecule has 0 aliphatic heterocycles. The van der Waals surface area contributed by atoms with E-state index in [9.17, 15) is 13.2 Å². The Bertz CT molecular complexity index is 503. The van der Waals surface area contributed by atoms with Crippen LogP contribution in [0.1, 0.15) is 10.4 Å². The molecular weight excluding hydrogens is 265 g/mol. The molecule has 8 heteroatoms. The van der Waals surface area contributed by atoms with E-state index in [1.807, 2.05) is 0 Å². The van der Waals surface area contributed by atoms with E-state index in [2.05, 4.69) is 0 Å². The normalized spacial score (nSPS) is 11.4. The number of carboxylic acids is 1. The van der Waals surface area contributed by atoms with Crippen LogP contribution in [0.15, 0.2) is 17.0 Å². The molecule has 0 heterocycles. The summed E-state index contributed by atoms with van der Waals surface area (Å²) in [6.07, 6.45) is 0. The molecule has 1 aromatic rings. The predicted molar refractivity (Wildman–Crippen MR) is 54.8 cm³/mol. The number of benzene rings is 1. The monoisotopic (exact) mass is 269 g/mol. The zero-order valence-electron chi connectivity index (χ0n) is 7.07. The molecule has 1 rings (SSSR count). The van der Waals surface area contributed by atoms with Crippen molar-refractivity contribution in [3.8, 4) is 0 Å². The minimum atomic E-state index is -4.06. The molecule has 0 saturated carbocycles. The molecule has 0 spiro atoms. The van der Waals surface area contributed by atoms with E-state index >= 15 is 0 Å². The summed E-state index contributed by atoms with van der Waals surface area (Å²) < 4.78 is 22.0. The number of primary sulfonamides is 1. The summed E-state index contributed by atoms with van der Waals surface area (Å²) >= 11 is 11.1. The topological polar surface area (TPSA) is 97.5 Å². The van der Waals surface area contributed by atoms with E-state index in [1.54, 1.807) is 0 Å². The lowest BCUT2D eigenvalue weighted by molar-refractivity contribution is 0.0696. The van der Waals surface area contributed by atoms with Gasteiger partial charge in [0.25, 0.3) is 0 Å². The minimum Gasteiger partial charge on any atom is -0.478 e. The molecule has 3 N–H and O–H groups in total. The second-order valence-corrected chi connectivity index (χ2v) is 4.93. The maximum atomic E-state index is 11.0. The van der Waals surface area contributed by atoms with Gasteiger partial charge >= 0.3 is 5.97 Å². The molecule has 0 aliphatic rings. The van der Waals surface area contributed by atoms with Crippen molar-refractivity contribution in [1.82, 2.24) is 0 Å². The summed E-state index contributed by atoms with van der Waals surface area (Å²) in [5, 5.41) is 12.8. The van der Waals surface area contributed by atoms with Gasteiger partial charge in [0, 0.05) is 0 Å². The minimum absolute atomic E-state index is 0.211. The van der Waals surface area contributed by atoms with Gasteiger partial charge in [-0.05, 0) is 12.1 Å². The van der Waals surface area contributed by atoms with Gasteiger partial charge in [-0.3, -0.25) is 0 Å². The summed E-state index contributed by atoms with van der Waals surface area (Å²) in [5.74, 6) is -1.26. The Morgan fingerprint density at radius 3 is 1.93 bits per heavy atom. The Hall–Kier alpha value is -0.820. The zero-order valence-corrected chi connectivity index (χ0v) is 9.40. The number of hydrogen-bond donors (Lipinski definition) is 2. The number of rotatable bonds is 2. The molecule has 0 saturated heterocycles. The molecule has 5 nitrogen and oxygen atoms in total. The molecule has 0 atom stereocenters. The molecule has 15 heavy (non-hydrogen) atoms. The van der Waals surface area contributed by atoms with Crippen LogP contribution in [0.3, 0.4) is 0 Å². The quantitative estimate of drug-likeness (QED) is 0.847. The van der Waals surface area contributed by atoms with Crippen molar-refractivity contribution in [1.29, 1.82) is 0 Å². The first kappa shape index (κ1) is 12.3. The maximum absolute atomic E-state index is 11.0. The number of aromatic carboxylic acids is 1. The molecular formula is C7H5Cl2NO4S. The van der Waals surface area contributed by atoms with Crippen molar-refractivity contribution in [2.45, 2.75) is 4.90 Å². The third-order valence-corrected chi connectivity index (χ3v) is 3.36. The SMILES string of the molecule is NS(=O)(=O)c1c(Cl)cc(C(=O)O)cc1Cl. The van der Waals surface area contributed by atoms with Gasteiger partial charge in [-0.2, -0.15) is 0 Å². The van der Waals surface area contributed by atoms with Crippen molar-refractivity contribution in [3.63, 3.8) is 0 Å². The summed E-state index contributed by atoms with van der Waals surface area (Å²) in [5.41, 5.74) is -0.211. The van der Waals surface area contributed by atoms with Gasteiger partial charge in [0.05, 0.1) is 15.6 Å². The van der Waals surface area contributed by atoms with Crippen LogP contribution in [0.2, 0.25) is 10.0 Å². The second kappa shape index (κ2) is 3.97. The van der Waals surface area contributed by atoms with E-state index in [-0.39, 0.29) is 15.6 Å². The highest BCUT2D eigenvalue weighted by atomic mass is 35.5. The summed E-state index contributed by atoms with van der Waals surface area (Å²) in [4.78, 5) is 10.1. The van der Waals surface area contributed by atoms with E-state index < -0.39 is 20.9 Å². The van der Waals surface area contributed by atoms with Crippen molar-refractivity contribution in [2.24, 2.45) is 5.14 Å². The van der Waals surface area contributed by atoms with Crippen LogP contribution in [0.25, 0.3) is 0 Å². The van der Waals surface area contributed by atoms with Crippen molar-refractivity contribution in [3.05, 3.63) is 27.7 Å². The van der Waals surface area contributed by atoms with Gasteiger partial charge in [-0.1, -0.05) is 23.2 Å². The van der Waals surface area contributed by atoms with E-state index in [4.69, 9.17) is 33.4 Å². The highest BCUT2D eigenvalue weighted by Crippen LogP contribution is 2.29. The average Bonchev–Trinajstić information content (AvgIpc) is 1.99. The number of nitrogens with two attached hydrogens (primary N) is 1. The Labute approximate surface area is 95.5 Å². The van der Waals surface area contributed by atoms with Gasteiger partial charge in [0.2, 0.25) is 10.0 Å². The van der Waals surface area contributed by atoms with Crippen molar-refractivity contribution < 1.29 is 18.3 Å². The van der Waals surface area contributed by atoms with Gasteiger partial charge < -0.3 is 5.11 Å². The predicted octanol–water partition coefficient (Wildman–Crippen LogP) is 1.34. The fourth-order valence-corrected chi connectivity index (χ4v) is 2.75. The molecule has 0 aromatic heterocycles. The highest BCUT2D eigenvalue weighted by molar-refractivity contribution is 7.89. The van der Waals surface area contributed by atoms with Gasteiger partial charge in [0.15, 0.2) is 0 Å². The smallest absolute Gasteiger partial charge is 0.335 e. The maximum Gasteiger partial charge on any atom is 0.335 e. The summed E-state index contributed by atoms with van der Waals surface area (Å²) in [6, 6.07) is 1.94. The summed E-state index contributed by atoms with van der Waals surface area (Å²) in [6.45, 7) is 0. The lowest BCUT2D eigenvalue weighted by Crippen LogP contribution is -2.14. The molecule has 0 radical (unpaired) electrons. The molecule has 0 bridgehead atoms. The first-order valence-corrected chi connectivity index (χ1v) is 5.79. The van der Waals surface area contributed by atoms with Crippen LogP contribution in [0.5, 0.6) is 0 Å². The largest absolute Gasteiger partial charge is 0.478 e. The van der Waals surface area contributed by atoms with Crippen LogP contribution < -0.4 is 5.14 Å². The van der Waals surface area contributed by atoms with Crippen LogP contribution in [-0.2, 0) is 10.0 Å².